The van der Waals surface area contributed by atoms with Crippen LogP contribution in [0.15, 0.2) is 29.9 Å². The SMILES string of the molecule is Cc1cnc(C(=O)OCC(=O)NCc2cccs2)cn1. The van der Waals surface area contributed by atoms with Crippen molar-refractivity contribution in [2.75, 3.05) is 6.61 Å². The number of hydrogen-bond acceptors (Lipinski definition) is 6. The van der Waals surface area contributed by atoms with Crippen molar-refractivity contribution in [3.05, 3.63) is 46.2 Å². The van der Waals surface area contributed by atoms with Crippen molar-refractivity contribution in [1.29, 1.82) is 0 Å². The maximum Gasteiger partial charge on any atom is 0.359 e. The number of amides is 1. The summed E-state index contributed by atoms with van der Waals surface area (Å²) in [5, 5.41) is 4.59. The lowest BCUT2D eigenvalue weighted by molar-refractivity contribution is -0.124. The Morgan fingerprint density at radius 1 is 1.35 bits per heavy atom. The number of carbonyl (C=O) groups is 2. The van der Waals surface area contributed by atoms with Crippen molar-refractivity contribution in [1.82, 2.24) is 15.3 Å². The fourth-order valence-corrected chi connectivity index (χ4v) is 2.00. The van der Waals surface area contributed by atoms with E-state index in [-0.39, 0.29) is 18.2 Å². The number of aromatic nitrogens is 2. The molecule has 0 unspecified atom stereocenters. The van der Waals surface area contributed by atoms with E-state index >= 15 is 0 Å². The van der Waals surface area contributed by atoms with Crippen molar-refractivity contribution in [2.24, 2.45) is 0 Å². The smallest absolute Gasteiger partial charge is 0.359 e. The van der Waals surface area contributed by atoms with Crippen LogP contribution in [0.25, 0.3) is 0 Å². The van der Waals surface area contributed by atoms with Crippen LogP contribution in [0.5, 0.6) is 0 Å². The highest BCUT2D eigenvalue weighted by Crippen LogP contribution is 2.07. The Morgan fingerprint density at radius 2 is 2.20 bits per heavy atom. The maximum absolute atomic E-state index is 11.6. The second-order valence-corrected chi connectivity index (χ2v) is 5.01. The topological polar surface area (TPSA) is 81.2 Å². The highest BCUT2D eigenvalue weighted by Gasteiger charge is 2.11. The van der Waals surface area contributed by atoms with Gasteiger partial charge in [0, 0.05) is 11.1 Å². The van der Waals surface area contributed by atoms with Gasteiger partial charge in [0.05, 0.1) is 18.4 Å². The van der Waals surface area contributed by atoms with Crippen LogP contribution in [0.1, 0.15) is 21.1 Å². The predicted molar refractivity (Wildman–Crippen MR) is 73.2 cm³/mol. The van der Waals surface area contributed by atoms with Crippen molar-refractivity contribution in [3.63, 3.8) is 0 Å². The molecule has 0 aliphatic heterocycles. The summed E-state index contributed by atoms with van der Waals surface area (Å²) in [4.78, 5) is 31.9. The molecule has 0 spiro atoms. The first-order valence-corrected chi connectivity index (χ1v) is 6.78. The van der Waals surface area contributed by atoms with Crippen molar-refractivity contribution >= 4 is 23.2 Å². The van der Waals surface area contributed by atoms with E-state index in [0.717, 1.165) is 4.88 Å². The van der Waals surface area contributed by atoms with E-state index < -0.39 is 5.97 Å². The van der Waals surface area contributed by atoms with Crippen molar-refractivity contribution in [3.8, 4) is 0 Å². The first-order chi connectivity index (χ1) is 9.65. The summed E-state index contributed by atoms with van der Waals surface area (Å²) in [5.74, 6) is -1.02. The molecule has 0 aliphatic rings. The average molecular weight is 291 g/mol. The molecule has 2 aromatic rings. The van der Waals surface area contributed by atoms with Gasteiger partial charge < -0.3 is 10.1 Å². The number of thiophene rings is 1. The highest BCUT2D eigenvalue weighted by atomic mass is 32.1. The van der Waals surface area contributed by atoms with Gasteiger partial charge in [-0.1, -0.05) is 6.07 Å². The summed E-state index contributed by atoms with van der Waals surface area (Å²) in [6.07, 6.45) is 2.79. The number of rotatable bonds is 5. The fraction of sp³-hybridized carbons (Fsp3) is 0.231. The van der Waals surface area contributed by atoms with Crippen molar-refractivity contribution in [2.45, 2.75) is 13.5 Å². The molecule has 2 aromatic heterocycles. The molecule has 0 fully saturated rings. The van der Waals surface area contributed by atoms with Crippen LogP contribution in [-0.2, 0) is 16.1 Å². The first-order valence-electron chi connectivity index (χ1n) is 5.90. The minimum Gasteiger partial charge on any atom is -0.451 e. The fourth-order valence-electron chi connectivity index (χ4n) is 1.35. The molecule has 0 bridgehead atoms. The highest BCUT2D eigenvalue weighted by molar-refractivity contribution is 7.09. The van der Waals surface area contributed by atoms with Gasteiger partial charge in [-0.05, 0) is 18.4 Å². The molecule has 2 heterocycles. The zero-order chi connectivity index (χ0) is 14.4. The third-order valence-electron chi connectivity index (χ3n) is 2.36. The van der Waals surface area contributed by atoms with Gasteiger partial charge in [0.15, 0.2) is 12.3 Å². The van der Waals surface area contributed by atoms with Crippen LogP contribution in [0.3, 0.4) is 0 Å². The van der Waals surface area contributed by atoms with Crippen LogP contribution < -0.4 is 5.32 Å². The second kappa shape index (κ2) is 6.76. The van der Waals surface area contributed by atoms with E-state index in [0.29, 0.717) is 12.2 Å². The zero-order valence-electron chi connectivity index (χ0n) is 10.8. The summed E-state index contributed by atoms with van der Waals surface area (Å²) in [6, 6.07) is 3.82. The molecule has 104 valence electrons. The van der Waals surface area contributed by atoms with Crippen LogP contribution in [0.2, 0.25) is 0 Å². The monoisotopic (exact) mass is 291 g/mol. The van der Waals surface area contributed by atoms with Gasteiger partial charge in [0.2, 0.25) is 0 Å². The molecule has 7 heteroatoms. The molecule has 2 rings (SSSR count). The summed E-state index contributed by atoms with van der Waals surface area (Å²) in [5.41, 5.74) is 0.789. The largest absolute Gasteiger partial charge is 0.451 e. The third kappa shape index (κ3) is 4.13. The third-order valence-corrected chi connectivity index (χ3v) is 3.24. The Bertz CT molecular complexity index is 581. The molecule has 1 amide bonds. The summed E-state index contributed by atoms with van der Waals surface area (Å²) in [6.45, 7) is 1.86. The molecule has 0 aromatic carbocycles. The second-order valence-electron chi connectivity index (χ2n) is 3.98. The molecule has 6 nitrogen and oxygen atoms in total. The number of aryl methyl sites for hydroxylation is 1. The van der Waals surface area contributed by atoms with E-state index in [9.17, 15) is 9.59 Å². The molecular formula is C13H13N3O3S. The Kier molecular flexibility index (Phi) is 4.78. The van der Waals surface area contributed by atoms with Gasteiger partial charge in [-0.3, -0.25) is 9.78 Å². The molecule has 0 radical (unpaired) electrons. The number of carbonyl (C=O) groups excluding carboxylic acids is 2. The maximum atomic E-state index is 11.6. The van der Waals surface area contributed by atoms with E-state index in [1.165, 1.54) is 12.4 Å². The van der Waals surface area contributed by atoms with Gasteiger partial charge in [0.1, 0.15) is 0 Å². The molecule has 1 N–H and O–H groups in total. The van der Waals surface area contributed by atoms with Crippen molar-refractivity contribution < 1.29 is 14.3 Å². The molecule has 20 heavy (non-hydrogen) atoms. The lowest BCUT2D eigenvalue weighted by atomic mass is 10.4. The molecule has 0 saturated heterocycles. The van der Waals surface area contributed by atoms with Crippen LogP contribution >= 0.6 is 11.3 Å². The number of ether oxygens (including phenoxy) is 1. The van der Waals surface area contributed by atoms with Gasteiger partial charge in [-0.15, -0.1) is 11.3 Å². The van der Waals surface area contributed by atoms with Gasteiger partial charge >= 0.3 is 5.97 Å². The molecule has 0 saturated carbocycles. The lowest BCUT2D eigenvalue weighted by Gasteiger charge is -2.05. The first kappa shape index (κ1) is 14.1. The Balaban J connectivity index is 1.75. The minimum absolute atomic E-state index is 0.0849. The normalized spacial score (nSPS) is 10.1. The van der Waals surface area contributed by atoms with Gasteiger partial charge in [-0.25, -0.2) is 9.78 Å². The van der Waals surface area contributed by atoms with Crippen LogP contribution in [0.4, 0.5) is 0 Å². The Morgan fingerprint density at radius 3 is 2.85 bits per heavy atom. The Labute approximate surface area is 119 Å². The summed E-state index contributed by atoms with van der Waals surface area (Å²) < 4.78 is 4.85. The van der Waals surface area contributed by atoms with E-state index in [2.05, 4.69) is 15.3 Å². The molecule has 0 atom stereocenters. The number of esters is 1. The number of nitrogens with one attached hydrogen (secondary N) is 1. The van der Waals surface area contributed by atoms with E-state index in [4.69, 9.17) is 4.74 Å². The van der Waals surface area contributed by atoms with Gasteiger partial charge in [-0.2, -0.15) is 0 Å². The lowest BCUT2D eigenvalue weighted by Crippen LogP contribution is -2.28. The van der Waals surface area contributed by atoms with Crippen LogP contribution in [0, 0.1) is 6.92 Å². The minimum atomic E-state index is -0.663. The average Bonchev–Trinajstić information content (AvgIpc) is 2.96. The van der Waals surface area contributed by atoms with E-state index in [1.54, 1.807) is 18.3 Å². The predicted octanol–water partition coefficient (Wildman–Crippen LogP) is 1.32. The van der Waals surface area contributed by atoms with Crippen LogP contribution in [-0.4, -0.2) is 28.5 Å². The molecule has 0 aliphatic carbocycles. The zero-order valence-corrected chi connectivity index (χ0v) is 11.6. The summed E-state index contributed by atoms with van der Waals surface area (Å²) in [7, 11) is 0. The van der Waals surface area contributed by atoms with Gasteiger partial charge in [0.25, 0.3) is 5.91 Å². The number of hydrogen-bond donors (Lipinski definition) is 1. The van der Waals surface area contributed by atoms with E-state index in [1.807, 2.05) is 17.5 Å². The number of nitrogens with zero attached hydrogens (tertiary/aromatic N) is 2. The Hall–Kier alpha value is -2.28. The standard InChI is InChI=1S/C13H13N3O3S/c1-9-5-15-11(7-14-9)13(18)19-8-12(17)16-6-10-3-2-4-20-10/h2-5,7H,6,8H2,1H3,(H,16,17). The molecular weight excluding hydrogens is 278 g/mol. The summed E-state index contributed by atoms with van der Waals surface area (Å²) >= 11 is 1.55. The quantitative estimate of drug-likeness (QED) is 0.840.